The van der Waals surface area contributed by atoms with E-state index in [2.05, 4.69) is 10.1 Å². The summed E-state index contributed by atoms with van der Waals surface area (Å²) >= 11 is 1.59. The molecule has 7 heteroatoms. The smallest absolute Gasteiger partial charge is 0.235 e. The third kappa shape index (κ3) is 3.32. The first-order valence-corrected chi connectivity index (χ1v) is 7.58. The summed E-state index contributed by atoms with van der Waals surface area (Å²) in [5, 5.41) is 5.38. The van der Waals surface area contributed by atoms with E-state index in [0.717, 1.165) is 21.3 Å². The SMILES string of the molecule is COCCOc1cc2nccc(Sc3ccc(N)cc3)n2n1. The van der Waals surface area contributed by atoms with Crippen molar-refractivity contribution in [2.45, 2.75) is 9.92 Å². The quantitative estimate of drug-likeness (QED) is 0.428. The number of methoxy groups -OCH3 is 1. The number of anilines is 1. The molecule has 0 amide bonds. The summed E-state index contributed by atoms with van der Waals surface area (Å²) in [7, 11) is 1.63. The Labute approximate surface area is 132 Å². The van der Waals surface area contributed by atoms with Crippen LogP contribution in [0, 0.1) is 0 Å². The van der Waals surface area contributed by atoms with Crippen LogP contribution in [0.25, 0.3) is 5.65 Å². The molecule has 0 bridgehead atoms. The van der Waals surface area contributed by atoms with Gasteiger partial charge in [0.15, 0.2) is 5.65 Å². The fourth-order valence-corrected chi connectivity index (χ4v) is 2.75. The van der Waals surface area contributed by atoms with E-state index < -0.39 is 0 Å². The summed E-state index contributed by atoms with van der Waals surface area (Å²) in [6.45, 7) is 0.981. The van der Waals surface area contributed by atoms with Crippen molar-refractivity contribution in [3.8, 4) is 5.88 Å². The van der Waals surface area contributed by atoms with Gasteiger partial charge in [-0.3, -0.25) is 0 Å². The molecule has 2 aromatic heterocycles. The van der Waals surface area contributed by atoms with Gasteiger partial charge in [-0.1, -0.05) is 11.8 Å². The van der Waals surface area contributed by atoms with Crippen molar-refractivity contribution in [1.82, 2.24) is 14.6 Å². The Morgan fingerprint density at radius 2 is 2.00 bits per heavy atom. The normalized spacial score (nSPS) is 11.0. The highest BCUT2D eigenvalue weighted by Crippen LogP contribution is 2.28. The fourth-order valence-electron chi connectivity index (χ4n) is 1.89. The number of nitrogens with two attached hydrogens (primary N) is 1. The number of aromatic nitrogens is 3. The minimum atomic E-state index is 0.459. The van der Waals surface area contributed by atoms with E-state index >= 15 is 0 Å². The number of fused-ring (bicyclic) bond motifs is 1. The Morgan fingerprint density at radius 3 is 2.77 bits per heavy atom. The lowest BCUT2D eigenvalue weighted by Crippen LogP contribution is -2.04. The number of benzene rings is 1. The molecule has 6 nitrogen and oxygen atoms in total. The maximum atomic E-state index is 5.71. The predicted octanol–water partition coefficient (Wildman–Crippen LogP) is 2.49. The molecule has 2 N–H and O–H groups in total. The highest BCUT2D eigenvalue weighted by Gasteiger charge is 2.08. The molecule has 22 heavy (non-hydrogen) atoms. The summed E-state index contributed by atoms with van der Waals surface area (Å²) in [6.07, 6.45) is 1.76. The Bertz CT molecular complexity index is 758. The molecule has 0 saturated carbocycles. The number of ether oxygens (including phenoxy) is 2. The van der Waals surface area contributed by atoms with Gasteiger partial charge in [0.05, 0.1) is 6.61 Å². The third-order valence-electron chi connectivity index (χ3n) is 2.94. The minimum Gasteiger partial charge on any atom is -0.474 e. The van der Waals surface area contributed by atoms with E-state index in [4.69, 9.17) is 15.2 Å². The van der Waals surface area contributed by atoms with Crippen molar-refractivity contribution < 1.29 is 9.47 Å². The number of hydrogen-bond donors (Lipinski definition) is 1. The van der Waals surface area contributed by atoms with Crippen LogP contribution >= 0.6 is 11.8 Å². The van der Waals surface area contributed by atoms with Crippen LogP contribution in [-0.4, -0.2) is 34.9 Å². The predicted molar refractivity (Wildman–Crippen MR) is 85.3 cm³/mol. The Kier molecular flexibility index (Phi) is 4.45. The van der Waals surface area contributed by atoms with Gasteiger partial charge in [-0.2, -0.15) is 0 Å². The van der Waals surface area contributed by atoms with E-state index in [9.17, 15) is 0 Å². The van der Waals surface area contributed by atoms with Crippen molar-refractivity contribution in [2.75, 3.05) is 26.1 Å². The summed E-state index contributed by atoms with van der Waals surface area (Å²) in [5.74, 6) is 0.537. The first-order chi connectivity index (χ1) is 10.8. The molecule has 0 aliphatic carbocycles. The van der Waals surface area contributed by atoms with Gasteiger partial charge in [0.2, 0.25) is 5.88 Å². The zero-order valence-corrected chi connectivity index (χ0v) is 12.9. The number of nitrogen functional groups attached to an aromatic ring is 1. The number of nitrogens with zero attached hydrogens (tertiary/aromatic N) is 3. The average Bonchev–Trinajstić information content (AvgIpc) is 2.94. The molecule has 2 heterocycles. The van der Waals surface area contributed by atoms with Gasteiger partial charge < -0.3 is 15.2 Å². The zero-order valence-electron chi connectivity index (χ0n) is 12.1. The first-order valence-electron chi connectivity index (χ1n) is 6.76. The molecule has 0 aliphatic rings. The molecule has 114 valence electrons. The minimum absolute atomic E-state index is 0.459. The lowest BCUT2D eigenvalue weighted by Gasteiger charge is -2.04. The van der Waals surface area contributed by atoms with Crippen molar-refractivity contribution in [3.63, 3.8) is 0 Å². The summed E-state index contributed by atoms with van der Waals surface area (Å²) in [5.41, 5.74) is 7.20. The topological polar surface area (TPSA) is 74.7 Å². The van der Waals surface area contributed by atoms with Crippen molar-refractivity contribution in [2.24, 2.45) is 0 Å². The third-order valence-corrected chi connectivity index (χ3v) is 3.97. The average molecular weight is 316 g/mol. The van der Waals surface area contributed by atoms with Gasteiger partial charge in [0, 0.05) is 30.0 Å². The molecule has 0 saturated heterocycles. The number of hydrogen-bond acceptors (Lipinski definition) is 6. The molecule has 0 unspecified atom stereocenters. The Hall–Kier alpha value is -2.25. The van der Waals surface area contributed by atoms with Crippen LogP contribution in [0.3, 0.4) is 0 Å². The van der Waals surface area contributed by atoms with Crippen molar-refractivity contribution >= 4 is 23.1 Å². The van der Waals surface area contributed by atoms with Crippen LogP contribution < -0.4 is 10.5 Å². The maximum absolute atomic E-state index is 5.71. The largest absolute Gasteiger partial charge is 0.474 e. The zero-order chi connectivity index (χ0) is 15.4. The van der Waals surface area contributed by atoms with E-state index in [1.807, 2.05) is 36.4 Å². The second kappa shape index (κ2) is 6.67. The van der Waals surface area contributed by atoms with E-state index in [1.54, 1.807) is 29.6 Å². The van der Waals surface area contributed by atoms with Gasteiger partial charge in [-0.05, 0) is 30.3 Å². The summed E-state index contributed by atoms with van der Waals surface area (Å²) in [4.78, 5) is 5.38. The van der Waals surface area contributed by atoms with Crippen LogP contribution in [0.4, 0.5) is 5.69 Å². The first kappa shape index (κ1) is 14.7. The second-order valence-corrected chi connectivity index (χ2v) is 5.64. The highest BCUT2D eigenvalue weighted by molar-refractivity contribution is 7.99. The van der Waals surface area contributed by atoms with Gasteiger partial charge in [-0.15, -0.1) is 5.10 Å². The fraction of sp³-hybridized carbons (Fsp3) is 0.200. The van der Waals surface area contributed by atoms with E-state index in [-0.39, 0.29) is 0 Å². The maximum Gasteiger partial charge on any atom is 0.235 e. The van der Waals surface area contributed by atoms with E-state index in [0.29, 0.717) is 19.1 Å². The molecule has 3 aromatic rings. The molecular weight excluding hydrogens is 300 g/mol. The van der Waals surface area contributed by atoms with Crippen LogP contribution in [-0.2, 0) is 4.74 Å². The standard InChI is InChI=1S/C15H16N4O2S/c1-20-8-9-21-14-10-13-17-7-6-15(19(13)18-14)22-12-4-2-11(16)3-5-12/h2-7,10H,8-9,16H2,1H3. The van der Waals surface area contributed by atoms with E-state index in [1.165, 1.54) is 0 Å². The molecular formula is C15H16N4O2S. The number of rotatable bonds is 6. The van der Waals surface area contributed by atoms with Crippen LogP contribution in [0.1, 0.15) is 0 Å². The summed E-state index contributed by atoms with van der Waals surface area (Å²) in [6, 6.07) is 11.4. The lowest BCUT2D eigenvalue weighted by molar-refractivity contribution is 0.143. The van der Waals surface area contributed by atoms with Crippen LogP contribution in [0.2, 0.25) is 0 Å². The molecule has 0 radical (unpaired) electrons. The molecule has 0 aliphatic heterocycles. The monoisotopic (exact) mass is 316 g/mol. The molecule has 0 fully saturated rings. The van der Waals surface area contributed by atoms with Crippen molar-refractivity contribution in [3.05, 3.63) is 42.6 Å². The molecule has 0 spiro atoms. The van der Waals surface area contributed by atoms with Gasteiger partial charge in [0.25, 0.3) is 0 Å². The van der Waals surface area contributed by atoms with Gasteiger partial charge in [-0.25, -0.2) is 9.50 Å². The highest BCUT2D eigenvalue weighted by atomic mass is 32.2. The molecule has 3 rings (SSSR count). The summed E-state index contributed by atoms with van der Waals surface area (Å²) < 4.78 is 12.3. The van der Waals surface area contributed by atoms with Crippen LogP contribution in [0.15, 0.2) is 52.5 Å². The lowest BCUT2D eigenvalue weighted by atomic mass is 10.3. The second-order valence-electron chi connectivity index (χ2n) is 4.55. The Balaban J connectivity index is 1.84. The Morgan fingerprint density at radius 1 is 1.18 bits per heavy atom. The van der Waals surface area contributed by atoms with Gasteiger partial charge in [0.1, 0.15) is 11.6 Å². The van der Waals surface area contributed by atoms with Crippen LogP contribution in [0.5, 0.6) is 5.88 Å². The molecule has 1 aromatic carbocycles. The molecule has 0 atom stereocenters. The van der Waals surface area contributed by atoms with Crippen molar-refractivity contribution in [1.29, 1.82) is 0 Å². The van der Waals surface area contributed by atoms with Gasteiger partial charge >= 0.3 is 0 Å².